The summed E-state index contributed by atoms with van der Waals surface area (Å²) in [6, 6.07) is 9.38. The molecule has 138 valence electrons. The fourth-order valence-electron chi connectivity index (χ4n) is 3.35. The molecule has 0 aliphatic carbocycles. The van der Waals surface area contributed by atoms with Gasteiger partial charge in [0.25, 0.3) is 11.1 Å². The zero-order chi connectivity index (χ0) is 19.0. The Morgan fingerprint density at radius 2 is 1.93 bits per heavy atom. The molecule has 0 radical (unpaired) electrons. The average Bonchev–Trinajstić information content (AvgIpc) is 2.66. The summed E-state index contributed by atoms with van der Waals surface area (Å²) in [6.45, 7) is 2.29. The van der Waals surface area contributed by atoms with Crippen LogP contribution in [0.1, 0.15) is 22.5 Å². The van der Waals surface area contributed by atoms with Crippen LogP contribution in [0, 0.1) is 6.92 Å². The molecule has 3 heterocycles. The van der Waals surface area contributed by atoms with Gasteiger partial charge >= 0.3 is 6.09 Å². The second-order valence-electron chi connectivity index (χ2n) is 6.50. The number of nitrogens with one attached hydrogen (secondary N) is 2. The molecule has 3 aromatic rings. The number of H-pyrrole nitrogens is 2. The van der Waals surface area contributed by atoms with E-state index in [1.807, 2.05) is 30.3 Å². The van der Waals surface area contributed by atoms with Crippen LogP contribution in [-0.2, 0) is 24.3 Å². The van der Waals surface area contributed by atoms with Gasteiger partial charge in [0, 0.05) is 12.1 Å². The number of ether oxygens (including phenoxy) is 1. The molecular weight excluding hydrogens is 348 g/mol. The molecule has 2 N–H and O–H groups in total. The fraction of sp³-hybridized carbons (Fsp3) is 0.263. The molecule has 27 heavy (non-hydrogen) atoms. The van der Waals surface area contributed by atoms with Crippen molar-refractivity contribution in [2.45, 2.75) is 26.5 Å². The van der Waals surface area contributed by atoms with Gasteiger partial charge in [-0.05, 0) is 24.5 Å². The van der Waals surface area contributed by atoms with Crippen LogP contribution in [0.25, 0.3) is 11.0 Å². The van der Waals surface area contributed by atoms with Gasteiger partial charge in [-0.1, -0.05) is 30.3 Å². The Kier molecular flexibility index (Phi) is 4.23. The van der Waals surface area contributed by atoms with Crippen molar-refractivity contribution in [3.63, 3.8) is 0 Å². The SMILES string of the molecule is Cc1nc2[nH]c(=O)c3c(c2c(=O)[nH]1)CCN(C(=O)OCc1ccccc1)C3. The second kappa shape index (κ2) is 6.71. The van der Waals surface area contributed by atoms with Gasteiger partial charge < -0.3 is 19.6 Å². The minimum Gasteiger partial charge on any atom is -0.445 e. The first-order valence-corrected chi connectivity index (χ1v) is 8.63. The predicted octanol–water partition coefficient (Wildman–Crippen LogP) is 1.61. The number of hydrogen-bond acceptors (Lipinski definition) is 5. The molecule has 0 atom stereocenters. The number of rotatable bonds is 2. The first-order valence-electron chi connectivity index (χ1n) is 8.63. The zero-order valence-electron chi connectivity index (χ0n) is 14.7. The quantitative estimate of drug-likeness (QED) is 0.716. The summed E-state index contributed by atoms with van der Waals surface area (Å²) in [5.74, 6) is 0.435. The Morgan fingerprint density at radius 3 is 2.70 bits per heavy atom. The lowest BCUT2D eigenvalue weighted by Gasteiger charge is -2.28. The standard InChI is InChI=1S/C19H18N4O4/c1-11-20-16-15(18(25)21-11)13-7-8-23(9-14(13)17(24)22-16)19(26)27-10-12-5-3-2-4-6-12/h2-6H,7-10H2,1H3,(H2,20,21,22,24,25). The molecule has 8 nitrogen and oxygen atoms in total. The van der Waals surface area contributed by atoms with Gasteiger partial charge in [-0.3, -0.25) is 9.59 Å². The van der Waals surface area contributed by atoms with E-state index >= 15 is 0 Å². The molecular formula is C19H18N4O4. The topological polar surface area (TPSA) is 108 Å². The van der Waals surface area contributed by atoms with Crippen molar-refractivity contribution in [3.8, 4) is 0 Å². The highest BCUT2D eigenvalue weighted by Gasteiger charge is 2.27. The molecule has 0 unspecified atom stereocenters. The van der Waals surface area contributed by atoms with E-state index in [0.717, 1.165) is 5.56 Å². The minimum atomic E-state index is -0.486. The van der Waals surface area contributed by atoms with Crippen LogP contribution in [0.2, 0.25) is 0 Å². The van der Waals surface area contributed by atoms with Crippen molar-refractivity contribution < 1.29 is 9.53 Å². The van der Waals surface area contributed by atoms with E-state index in [2.05, 4.69) is 15.0 Å². The molecule has 1 aromatic carbocycles. The average molecular weight is 366 g/mol. The lowest BCUT2D eigenvalue weighted by Crippen LogP contribution is -2.40. The number of fused-ring (bicyclic) bond motifs is 3. The van der Waals surface area contributed by atoms with Gasteiger partial charge in [-0.15, -0.1) is 0 Å². The van der Waals surface area contributed by atoms with Crippen LogP contribution in [0.3, 0.4) is 0 Å². The Labute approximate surface area is 153 Å². The third-order valence-corrected chi connectivity index (χ3v) is 4.65. The van der Waals surface area contributed by atoms with E-state index in [1.54, 1.807) is 6.92 Å². The van der Waals surface area contributed by atoms with E-state index in [4.69, 9.17) is 4.74 Å². The molecule has 1 aliphatic rings. The molecule has 0 fully saturated rings. The van der Waals surface area contributed by atoms with Gasteiger partial charge in [-0.25, -0.2) is 9.78 Å². The van der Waals surface area contributed by atoms with Crippen LogP contribution >= 0.6 is 0 Å². The highest BCUT2D eigenvalue weighted by molar-refractivity contribution is 5.79. The molecule has 2 aromatic heterocycles. The highest BCUT2D eigenvalue weighted by atomic mass is 16.6. The maximum Gasteiger partial charge on any atom is 0.410 e. The molecule has 0 saturated heterocycles. The summed E-state index contributed by atoms with van der Waals surface area (Å²) in [6.07, 6.45) is -0.0933. The molecule has 8 heteroatoms. The summed E-state index contributed by atoms with van der Waals surface area (Å²) in [5.41, 5.74) is 1.59. The van der Waals surface area contributed by atoms with Crippen LogP contribution in [0.4, 0.5) is 4.79 Å². The molecule has 1 amide bonds. The zero-order valence-corrected chi connectivity index (χ0v) is 14.7. The van der Waals surface area contributed by atoms with Gasteiger partial charge in [0.05, 0.1) is 11.9 Å². The Hall–Kier alpha value is -3.42. The maximum atomic E-state index is 12.5. The Morgan fingerprint density at radius 1 is 1.15 bits per heavy atom. The number of pyridine rings is 1. The van der Waals surface area contributed by atoms with Gasteiger partial charge in [0.1, 0.15) is 18.1 Å². The first-order chi connectivity index (χ1) is 13.0. The number of hydrogen-bond donors (Lipinski definition) is 2. The number of benzene rings is 1. The largest absolute Gasteiger partial charge is 0.445 e. The van der Waals surface area contributed by atoms with Crippen molar-refractivity contribution in [3.05, 3.63) is 73.6 Å². The van der Waals surface area contributed by atoms with E-state index in [1.165, 1.54) is 4.90 Å². The lowest BCUT2D eigenvalue weighted by atomic mass is 9.99. The maximum absolute atomic E-state index is 12.5. The van der Waals surface area contributed by atoms with Gasteiger partial charge in [-0.2, -0.15) is 0 Å². The predicted molar refractivity (Wildman–Crippen MR) is 98.5 cm³/mol. The number of carbonyl (C=O) groups is 1. The first kappa shape index (κ1) is 17.0. The number of amides is 1. The third-order valence-electron chi connectivity index (χ3n) is 4.65. The second-order valence-corrected chi connectivity index (χ2v) is 6.50. The van der Waals surface area contributed by atoms with Crippen LogP contribution in [-0.4, -0.2) is 32.5 Å². The number of nitrogens with zero attached hydrogens (tertiary/aromatic N) is 2. The summed E-state index contributed by atoms with van der Waals surface area (Å²) >= 11 is 0. The van der Waals surface area contributed by atoms with Crippen LogP contribution < -0.4 is 11.1 Å². The van der Waals surface area contributed by atoms with Gasteiger partial charge in [0.2, 0.25) is 0 Å². The van der Waals surface area contributed by atoms with Crippen LogP contribution in [0.15, 0.2) is 39.9 Å². The van der Waals surface area contributed by atoms with Gasteiger partial charge in [0.15, 0.2) is 0 Å². The summed E-state index contributed by atoms with van der Waals surface area (Å²) in [7, 11) is 0. The summed E-state index contributed by atoms with van der Waals surface area (Å²) < 4.78 is 5.34. The molecule has 0 spiro atoms. The fourth-order valence-corrected chi connectivity index (χ4v) is 3.35. The van der Waals surface area contributed by atoms with E-state index < -0.39 is 6.09 Å². The Bertz CT molecular complexity index is 1130. The lowest BCUT2D eigenvalue weighted by molar-refractivity contribution is 0.0917. The minimum absolute atomic E-state index is 0.0988. The molecule has 4 rings (SSSR count). The number of aryl methyl sites for hydroxylation is 1. The highest BCUT2D eigenvalue weighted by Crippen LogP contribution is 2.21. The van der Waals surface area contributed by atoms with E-state index in [-0.39, 0.29) is 29.9 Å². The Balaban J connectivity index is 1.60. The summed E-state index contributed by atoms with van der Waals surface area (Å²) in [4.78, 5) is 48.2. The monoisotopic (exact) mass is 366 g/mol. The number of aromatic nitrogens is 3. The third kappa shape index (κ3) is 3.21. The molecule has 1 aliphatic heterocycles. The van der Waals surface area contributed by atoms with E-state index in [9.17, 15) is 14.4 Å². The number of carbonyl (C=O) groups excluding carboxylic acids is 1. The number of aromatic amines is 2. The van der Waals surface area contributed by atoms with Crippen molar-refractivity contribution in [1.82, 2.24) is 19.9 Å². The van der Waals surface area contributed by atoms with E-state index in [0.29, 0.717) is 35.3 Å². The van der Waals surface area contributed by atoms with Crippen molar-refractivity contribution in [1.29, 1.82) is 0 Å². The molecule has 0 bridgehead atoms. The normalized spacial score (nSPS) is 13.4. The summed E-state index contributed by atoms with van der Waals surface area (Å²) in [5, 5.41) is 0.382. The van der Waals surface area contributed by atoms with Crippen molar-refractivity contribution >= 4 is 17.1 Å². The van der Waals surface area contributed by atoms with Crippen molar-refractivity contribution in [2.24, 2.45) is 0 Å². The van der Waals surface area contributed by atoms with Crippen LogP contribution in [0.5, 0.6) is 0 Å². The van der Waals surface area contributed by atoms with Crippen molar-refractivity contribution in [2.75, 3.05) is 6.54 Å². The molecule has 0 saturated carbocycles. The smallest absolute Gasteiger partial charge is 0.410 e.